The summed E-state index contributed by atoms with van der Waals surface area (Å²) in [7, 11) is 0. The molecule has 0 radical (unpaired) electrons. The highest BCUT2D eigenvalue weighted by Crippen LogP contribution is 2.21. The third kappa shape index (κ3) is 7.32. The van der Waals surface area contributed by atoms with E-state index in [2.05, 4.69) is 13.8 Å². The first-order valence-electron chi connectivity index (χ1n) is 6.57. The Bertz CT molecular complexity index is 214. The molecule has 0 fully saturated rings. The molecule has 0 heterocycles. The van der Waals surface area contributed by atoms with Crippen LogP contribution in [0.3, 0.4) is 0 Å². The lowest BCUT2D eigenvalue weighted by atomic mass is 10.1. The van der Waals surface area contributed by atoms with Crippen LogP contribution in [0.2, 0.25) is 0 Å². The molecule has 0 aliphatic carbocycles. The molecule has 4 unspecified atom stereocenters. The molecule has 3 nitrogen and oxygen atoms in total. The number of alkyl halides is 2. The summed E-state index contributed by atoms with van der Waals surface area (Å²) >= 11 is 11.9. The van der Waals surface area contributed by atoms with E-state index in [-0.39, 0.29) is 11.8 Å². The first-order chi connectivity index (χ1) is 8.42. The third-order valence-corrected chi connectivity index (χ3v) is 3.84. The Morgan fingerprint density at radius 2 is 1.28 bits per heavy atom. The average Bonchev–Trinajstić information content (AvgIpc) is 2.29. The molecule has 0 N–H and O–H groups in total. The lowest BCUT2D eigenvalue weighted by Crippen LogP contribution is -2.25. The second-order valence-corrected chi connectivity index (χ2v) is 5.58. The van der Waals surface area contributed by atoms with Gasteiger partial charge >= 0.3 is 6.16 Å². The van der Waals surface area contributed by atoms with Gasteiger partial charge < -0.3 is 9.47 Å². The molecule has 0 aliphatic heterocycles. The summed E-state index contributed by atoms with van der Waals surface area (Å²) in [5.41, 5.74) is -1.33. The van der Waals surface area contributed by atoms with E-state index in [4.69, 9.17) is 32.7 Å². The zero-order chi connectivity index (χ0) is 14.1. The molecule has 0 saturated heterocycles. The molecule has 0 aromatic rings. The van der Waals surface area contributed by atoms with Crippen LogP contribution < -0.4 is 0 Å². The Morgan fingerprint density at radius 3 is 1.56 bits per heavy atom. The molecule has 4 atom stereocenters. The molecular weight excluding hydrogens is 275 g/mol. The van der Waals surface area contributed by atoms with Crippen molar-refractivity contribution >= 4 is 29.4 Å². The third-order valence-electron chi connectivity index (χ3n) is 2.80. The van der Waals surface area contributed by atoms with Gasteiger partial charge in [0.1, 0.15) is 0 Å². The van der Waals surface area contributed by atoms with Crippen LogP contribution in [-0.4, -0.2) is 17.3 Å². The lowest BCUT2D eigenvalue weighted by Gasteiger charge is -2.21. The Labute approximate surface area is 120 Å². The van der Waals surface area contributed by atoms with Crippen LogP contribution in [0.1, 0.15) is 53.4 Å². The van der Waals surface area contributed by atoms with Gasteiger partial charge in [-0.2, -0.15) is 0 Å². The van der Waals surface area contributed by atoms with Crippen molar-refractivity contribution < 1.29 is 14.3 Å². The number of hydrogen-bond acceptors (Lipinski definition) is 3. The molecular formula is C13H24Cl2O3. The van der Waals surface area contributed by atoms with Gasteiger partial charge in [-0.05, 0) is 12.8 Å². The van der Waals surface area contributed by atoms with E-state index >= 15 is 0 Å². The highest BCUT2D eigenvalue weighted by Gasteiger charge is 2.23. The fourth-order valence-corrected chi connectivity index (χ4v) is 2.01. The molecule has 108 valence electrons. The zero-order valence-corrected chi connectivity index (χ0v) is 13.1. The Hall–Kier alpha value is -0.150. The van der Waals surface area contributed by atoms with Crippen LogP contribution in [0.4, 0.5) is 4.79 Å². The normalized spacial score (nSPS) is 17.7. The number of halogens is 2. The number of rotatable bonds is 8. The predicted octanol–water partition coefficient (Wildman–Crippen LogP) is 5.14. The molecule has 0 spiro atoms. The summed E-state index contributed by atoms with van der Waals surface area (Å²) in [5, 5.41) is 0. The van der Waals surface area contributed by atoms with E-state index in [0.29, 0.717) is 0 Å². The molecule has 0 aromatic heterocycles. The average molecular weight is 299 g/mol. The summed E-state index contributed by atoms with van der Waals surface area (Å²) < 4.78 is 9.97. The van der Waals surface area contributed by atoms with E-state index < -0.39 is 17.3 Å². The largest absolute Gasteiger partial charge is 0.511 e. The first kappa shape index (κ1) is 17.8. The molecule has 0 aliphatic rings. The van der Waals surface area contributed by atoms with Gasteiger partial charge in [-0.15, -0.1) is 0 Å². The van der Waals surface area contributed by atoms with E-state index in [0.717, 1.165) is 25.7 Å². The van der Waals surface area contributed by atoms with Gasteiger partial charge in [0.25, 0.3) is 0 Å². The van der Waals surface area contributed by atoms with Crippen LogP contribution in [0.5, 0.6) is 0 Å². The summed E-state index contributed by atoms with van der Waals surface area (Å²) in [6.07, 6.45) is 3.00. The maximum atomic E-state index is 11.5. The molecule has 0 rings (SSSR count). The van der Waals surface area contributed by atoms with Gasteiger partial charge in [0.2, 0.25) is 0 Å². The summed E-state index contributed by atoms with van der Waals surface area (Å²) in [5.74, 6) is 0.206. The van der Waals surface area contributed by atoms with Gasteiger partial charge in [0.15, 0.2) is 11.1 Å². The van der Waals surface area contributed by atoms with Gasteiger partial charge in [-0.1, -0.05) is 63.7 Å². The van der Waals surface area contributed by atoms with Gasteiger partial charge in [-0.3, -0.25) is 0 Å². The van der Waals surface area contributed by atoms with Crippen molar-refractivity contribution in [2.75, 3.05) is 0 Å². The number of carbonyl (C=O) groups excluding carboxylic acids is 1. The highest BCUT2D eigenvalue weighted by atomic mass is 35.5. The monoisotopic (exact) mass is 298 g/mol. The van der Waals surface area contributed by atoms with Crippen molar-refractivity contribution in [3.05, 3.63) is 0 Å². The van der Waals surface area contributed by atoms with Crippen molar-refractivity contribution in [1.29, 1.82) is 0 Å². The summed E-state index contributed by atoms with van der Waals surface area (Å²) in [6.45, 7) is 7.98. The molecule has 0 bridgehead atoms. The lowest BCUT2D eigenvalue weighted by molar-refractivity contribution is 0.0129. The highest BCUT2D eigenvalue weighted by molar-refractivity contribution is 6.21. The smallest absolute Gasteiger partial charge is 0.414 e. The maximum Gasteiger partial charge on any atom is 0.511 e. The molecule has 18 heavy (non-hydrogen) atoms. The minimum absolute atomic E-state index is 0.103. The van der Waals surface area contributed by atoms with Crippen molar-refractivity contribution in [3.8, 4) is 0 Å². The van der Waals surface area contributed by atoms with Crippen LogP contribution in [0.15, 0.2) is 0 Å². The zero-order valence-electron chi connectivity index (χ0n) is 11.6. The summed E-state index contributed by atoms with van der Waals surface area (Å²) in [6, 6.07) is 0. The van der Waals surface area contributed by atoms with Crippen molar-refractivity contribution in [3.63, 3.8) is 0 Å². The molecule has 5 heteroatoms. The Morgan fingerprint density at radius 1 is 0.944 bits per heavy atom. The van der Waals surface area contributed by atoms with E-state index in [9.17, 15) is 4.79 Å². The fraction of sp³-hybridized carbons (Fsp3) is 0.923. The maximum absolute atomic E-state index is 11.5. The second kappa shape index (κ2) is 9.74. The minimum atomic E-state index is -0.791. The van der Waals surface area contributed by atoms with Crippen molar-refractivity contribution in [1.82, 2.24) is 0 Å². The van der Waals surface area contributed by atoms with Crippen LogP contribution in [0.25, 0.3) is 0 Å². The summed E-state index contributed by atoms with van der Waals surface area (Å²) in [4.78, 5) is 11.5. The van der Waals surface area contributed by atoms with Crippen LogP contribution in [-0.2, 0) is 9.47 Å². The van der Waals surface area contributed by atoms with Crippen molar-refractivity contribution in [2.45, 2.75) is 64.5 Å². The number of hydrogen-bond donors (Lipinski definition) is 0. The minimum Gasteiger partial charge on any atom is -0.414 e. The fourth-order valence-electron chi connectivity index (χ4n) is 1.62. The number of ether oxygens (including phenoxy) is 2. The van der Waals surface area contributed by atoms with Crippen molar-refractivity contribution in [2.24, 2.45) is 11.8 Å². The Balaban J connectivity index is 4.02. The van der Waals surface area contributed by atoms with E-state index in [1.165, 1.54) is 0 Å². The topological polar surface area (TPSA) is 35.5 Å². The van der Waals surface area contributed by atoms with E-state index in [1.54, 1.807) is 0 Å². The predicted molar refractivity (Wildman–Crippen MR) is 75.0 cm³/mol. The van der Waals surface area contributed by atoms with Gasteiger partial charge in [0.05, 0.1) is 0 Å². The SMILES string of the molecule is CCCC(C)C(Cl)OC(=O)OC(Cl)C(C)CCC. The standard InChI is InChI=1S/C13H24Cl2O3/c1-5-7-9(3)11(14)17-13(16)18-12(15)10(4)8-6-2/h9-12H,5-8H2,1-4H3. The second-order valence-electron chi connectivity index (χ2n) is 4.72. The first-order valence-corrected chi connectivity index (χ1v) is 7.45. The van der Waals surface area contributed by atoms with Gasteiger partial charge in [-0.25, -0.2) is 4.79 Å². The molecule has 0 saturated carbocycles. The molecule has 0 amide bonds. The number of carbonyl (C=O) groups is 1. The Kier molecular flexibility index (Phi) is 9.66. The molecule has 0 aromatic carbocycles. The van der Waals surface area contributed by atoms with Crippen LogP contribution in [0, 0.1) is 11.8 Å². The van der Waals surface area contributed by atoms with E-state index in [1.807, 2.05) is 13.8 Å². The van der Waals surface area contributed by atoms with Gasteiger partial charge in [0, 0.05) is 11.8 Å². The van der Waals surface area contributed by atoms with Crippen LogP contribution >= 0.6 is 23.2 Å². The quantitative estimate of drug-likeness (QED) is 0.460.